The van der Waals surface area contributed by atoms with Gasteiger partial charge in [0, 0.05) is 19.2 Å². The minimum atomic E-state index is -4.45. The number of phenolic OH excluding ortho intramolecular Hbond substituents is 1. The zero-order valence-electron chi connectivity index (χ0n) is 10.3. The van der Waals surface area contributed by atoms with Gasteiger partial charge in [-0.25, -0.2) is 0 Å². The van der Waals surface area contributed by atoms with Crippen molar-refractivity contribution in [3.63, 3.8) is 0 Å². The van der Waals surface area contributed by atoms with E-state index in [1.54, 1.807) is 18.2 Å². The molecule has 0 fully saturated rings. The van der Waals surface area contributed by atoms with Crippen LogP contribution < -0.4 is 0 Å². The second kappa shape index (κ2) is 6.42. The van der Waals surface area contributed by atoms with Crippen LogP contribution in [0.2, 0.25) is 0 Å². The van der Waals surface area contributed by atoms with Gasteiger partial charge in [-0.05, 0) is 6.07 Å². The molecule has 0 unspecified atom stereocenters. The number of carbonyl (C=O) groups is 1. The lowest BCUT2D eigenvalue weighted by Gasteiger charge is -2.18. The van der Waals surface area contributed by atoms with Gasteiger partial charge in [0.2, 0.25) is 5.91 Å². The molecule has 1 aromatic carbocycles. The second-order valence-corrected chi connectivity index (χ2v) is 3.99. The molecule has 0 saturated carbocycles. The van der Waals surface area contributed by atoms with Gasteiger partial charge in [0.15, 0.2) is 0 Å². The number of amides is 1. The number of halogens is 3. The average molecular weight is 277 g/mol. The molecule has 0 aliphatic rings. The van der Waals surface area contributed by atoms with Gasteiger partial charge < -0.3 is 14.7 Å². The largest absolute Gasteiger partial charge is 0.508 e. The minimum Gasteiger partial charge on any atom is -0.508 e. The van der Waals surface area contributed by atoms with E-state index in [-0.39, 0.29) is 12.3 Å². The fraction of sp³-hybridized carbons (Fsp3) is 0.417. The van der Waals surface area contributed by atoms with Crippen LogP contribution in [-0.4, -0.2) is 42.4 Å². The molecule has 7 heteroatoms. The van der Waals surface area contributed by atoms with Crippen molar-refractivity contribution in [2.45, 2.75) is 12.7 Å². The summed E-state index contributed by atoms with van der Waals surface area (Å²) >= 11 is 0. The van der Waals surface area contributed by atoms with Crippen molar-refractivity contribution in [3.05, 3.63) is 29.8 Å². The van der Waals surface area contributed by atoms with Crippen LogP contribution in [0.15, 0.2) is 24.3 Å². The summed E-state index contributed by atoms with van der Waals surface area (Å²) in [5, 5.41) is 9.51. The Morgan fingerprint density at radius 3 is 2.58 bits per heavy atom. The highest BCUT2D eigenvalue weighted by molar-refractivity contribution is 5.77. The minimum absolute atomic E-state index is 0.0263. The van der Waals surface area contributed by atoms with E-state index in [1.165, 1.54) is 18.0 Å². The van der Waals surface area contributed by atoms with Gasteiger partial charge in [0.25, 0.3) is 0 Å². The van der Waals surface area contributed by atoms with E-state index in [0.29, 0.717) is 5.56 Å². The molecule has 19 heavy (non-hydrogen) atoms. The fourth-order valence-corrected chi connectivity index (χ4v) is 1.35. The molecule has 0 aliphatic heterocycles. The second-order valence-electron chi connectivity index (χ2n) is 3.99. The zero-order valence-corrected chi connectivity index (χ0v) is 10.3. The van der Waals surface area contributed by atoms with E-state index >= 15 is 0 Å². The van der Waals surface area contributed by atoms with Crippen molar-refractivity contribution < 1.29 is 27.8 Å². The van der Waals surface area contributed by atoms with E-state index in [1.807, 2.05) is 0 Å². The molecular formula is C12H14F3NO3. The first-order valence-electron chi connectivity index (χ1n) is 5.45. The van der Waals surface area contributed by atoms with Crippen molar-refractivity contribution in [1.29, 1.82) is 0 Å². The third kappa shape index (κ3) is 5.60. The number of phenols is 1. The lowest BCUT2D eigenvalue weighted by molar-refractivity contribution is -0.177. The monoisotopic (exact) mass is 277 g/mol. The number of likely N-dealkylation sites (N-methyl/N-ethyl adjacent to an activating group) is 1. The highest BCUT2D eigenvalue weighted by Crippen LogP contribution is 2.17. The summed E-state index contributed by atoms with van der Waals surface area (Å²) in [6.07, 6.45) is -4.45. The fourth-order valence-electron chi connectivity index (χ4n) is 1.35. The standard InChI is InChI=1S/C12H14F3NO3/c1-16(6-9-4-2-3-5-10(9)17)11(18)7-19-8-12(13,14)15/h2-5,17H,6-8H2,1H3. The molecule has 0 bridgehead atoms. The molecule has 0 radical (unpaired) electrons. The van der Waals surface area contributed by atoms with Crippen LogP contribution in [0, 0.1) is 0 Å². The summed E-state index contributed by atoms with van der Waals surface area (Å²) in [6, 6.07) is 6.41. The quantitative estimate of drug-likeness (QED) is 0.894. The van der Waals surface area contributed by atoms with E-state index in [2.05, 4.69) is 4.74 Å². The number of hydrogen-bond donors (Lipinski definition) is 1. The number of alkyl halides is 3. The lowest BCUT2D eigenvalue weighted by Crippen LogP contribution is -2.31. The number of aromatic hydroxyl groups is 1. The Kier molecular flexibility index (Phi) is 5.17. The van der Waals surface area contributed by atoms with Gasteiger partial charge in [0.05, 0.1) is 0 Å². The van der Waals surface area contributed by atoms with Crippen molar-refractivity contribution in [3.8, 4) is 5.75 Å². The number of benzene rings is 1. The maximum absolute atomic E-state index is 11.8. The van der Waals surface area contributed by atoms with Gasteiger partial charge in [-0.3, -0.25) is 4.79 Å². The highest BCUT2D eigenvalue weighted by atomic mass is 19.4. The van der Waals surface area contributed by atoms with E-state index < -0.39 is 25.3 Å². The molecule has 106 valence electrons. The maximum atomic E-state index is 11.8. The SMILES string of the molecule is CN(Cc1ccccc1O)C(=O)COCC(F)(F)F. The van der Waals surface area contributed by atoms with Gasteiger partial charge in [0.1, 0.15) is 19.0 Å². The van der Waals surface area contributed by atoms with Crippen molar-refractivity contribution in [2.24, 2.45) is 0 Å². The average Bonchev–Trinajstić information content (AvgIpc) is 2.30. The highest BCUT2D eigenvalue weighted by Gasteiger charge is 2.28. The molecule has 0 spiro atoms. The van der Waals surface area contributed by atoms with Crippen LogP contribution >= 0.6 is 0 Å². The van der Waals surface area contributed by atoms with E-state index in [4.69, 9.17) is 0 Å². The third-order valence-corrected chi connectivity index (χ3v) is 2.32. The van der Waals surface area contributed by atoms with Crippen LogP contribution in [-0.2, 0) is 16.1 Å². The van der Waals surface area contributed by atoms with Gasteiger partial charge in [-0.1, -0.05) is 18.2 Å². The Morgan fingerprint density at radius 1 is 1.37 bits per heavy atom. The summed E-state index contributed by atoms with van der Waals surface area (Å²) in [5.41, 5.74) is 0.508. The first-order valence-corrected chi connectivity index (χ1v) is 5.45. The van der Waals surface area contributed by atoms with Crippen LogP contribution in [0.5, 0.6) is 5.75 Å². The first-order chi connectivity index (χ1) is 8.79. The topological polar surface area (TPSA) is 49.8 Å². The number of para-hydroxylation sites is 1. The molecule has 0 atom stereocenters. The van der Waals surface area contributed by atoms with Crippen LogP contribution in [0.25, 0.3) is 0 Å². The molecule has 0 aromatic heterocycles. The zero-order chi connectivity index (χ0) is 14.5. The number of ether oxygens (including phenoxy) is 1. The Bertz CT molecular complexity index is 434. The summed E-state index contributed by atoms with van der Waals surface area (Å²) in [4.78, 5) is 12.7. The Morgan fingerprint density at radius 2 is 2.00 bits per heavy atom. The van der Waals surface area contributed by atoms with Gasteiger partial charge in [-0.2, -0.15) is 13.2 Å². The number of hydrogen-bond acceptors (Lipinski definition) is 3. The van der Waals surface area contributed by atoms with Crippen LogP contribution in [0.4, 0.5) is 13.2 Å². The molecule has 1 N–H and O–H groups in total. The van der Waals surface area contributed by atoms with Crippen LogP contribution in [0.1, 0.15) is 5.56 Å². The Hall–Kier alpha value is -1.76. The van der Waals surface area contributed by atoms with E-state index in [9.17, 15) is 23.1 Å². The molecule has 1 aromatic rings. The summed E-state index contributed by atoms with van der Waals surface area (Å²) in [7, 11) is 1.42. The Labute approximate surface area is 108 Å². The summed E-state index contributed by atoms with van der Waals surface area (Å²) in [6.45, 7) is -2.01. The van der Waals surface area contributed by atoms with Crippen molar-refractivity contribution >= 4 is 5.91 Å². The molecule has 0 saturated heterocycles. The van der Waals surface area contributed by atoms with Gasteiger partial charge >= 0.3 is 6.18 Å². The van der Waals surface area contributed by atoms with Crippen molar-refractivity contribution in [1.82, 2.24) is 4.90 Å². The number of nitrogens with zero attached hydrogens (tertiary/aromatic N) is 1. The molecule has 4 nitrogen and oxygen atoms in total. The van der Waals surface area contributed by atoms with Crippen LogP contribution in [0.3, 0.4) is 0 Å². The predicted octanol–water partition coefficient (Wildman–Crippen LogP) is 1.93. The third-order valence-electron chi connectivity index (χ3n) is 2.32. The molecular weight excluding hydrogens is 263 g/mol. The summed E-state index contributed by atoms with van der Waals surface area (Å²) in [5.74, 6) is -0.564. The number of carbonyl (C=O) groups excluding carboxylic acids is 1. The number of rotatable bonds is 5. The molecule has 0 aliphatic carbocycles. The van der Waals surface area contributed by atoms with Crippen molar-refractivity contribution in [2.75, 3.05) is 20.3 Å². The molecule has 1 rings (SSSR count). The predicted molar refractivity (Wildman–Crippen MR) is 61.5 cm³/mol. The lowest BCUT2D eigenvalue weighted by atomic mass is 10.2. The molecule has 1 amide bonds. The normalized spacial score (nSPS) is 11.4. The summed E-state index contributed by atoms with van der Waals surface area (Å²) < 4.78 is 39.7. The maximum Gasteiger partial charge on any atom is 0.411 e. The van der Waals surface area contributed by atoms with Gasteiger partial charge in [-0.15, -0.1) is 0 Å². The first kappa shape index (κ1) is 15.3. The van der Waals surface area contributed by atoms with E-state index in [0.717, 1.165) is 0 Å². The Balaban J connectivity index is 2.43. The smallest absolute Gasteiger partial charge is 0.411 e. The molecule has 0 heterocycles.